The van der Waals surface area contributed by atoms with Crippen molar-refractivity contribution in [3.05, 3.63) is 40.1 Å². The highest BCUT2D eigenvalue weighted by atomic mass is 19.4. The van der Waals surface area contributed by atoms with Crippen LogP contribution in [0.4, 0.5) is 17.6 Å². The van der Waals surface area contributed by atoms with E-state index in [2.05, 4.69) is 22.8 Å². The normalized spacial score (nSPS) is 30.1. The van der Waals surface area contributed by atoms with E-state index in [-0.39, 0.29) is 29.7 Å². The average molecular weight is 553 g/mol. The molecule has 2 saturated heterocycles. The fourth-order valence-electron chi connectivity index (χ4n) is 7.75. The van der Waals surface area contributed by atoms with Crippen molar-refractivity contribution in [3.8, 4) is 0 Å². The maximum absolute atomic E-state index is 14.2. The molecule has 0 radical (unpaired) electrons. The third-order valence-corrected chi connectivity index (χ3v) is 10.1. The summed E-state index contributed by atoms with van der Waals surface area (Å²) in [6, 6.07) is 1.05. The van der Waals surface area contributed by atoms with Gasteiger partial charge in [-0.25, -0.2) is 20.0 Å². The van der Waals surface area contributed by atoms with Gasteiger partial charge in [0.1, 0.15) is 5.67 Å². The van der Waals surface area contributed by atoms with Crippen molar-refractivity contribution in [2.45, 2.75) is 95.3 Å². The molecule has 2 aromatic heterocycles. The van der Waals surface area contributed by atoms with Gasteiger partial charge in [-0.05, 0) is 76.5 Å². The molecule has 2 saturated carbocycles. The van der Waals surface area contributed by atoms with Gasteiger partial charge in [0.2, 0.25) is 0 Å². The number of hydrogen-bond acceptors (Lipinski definition) is 5. The van der Waals surface area contributed by atoms with Gasteiger partial charge in [0.15, 0.2) is 0 Å². The minimum atomic E-state index is -4.59. The third-order valence-electron chi connectivity index (χ3n) is 10.1. The Bertz CT molecular complexity index is 1260. The van der Waals surface area contributed by atoms with Crippen LogP contribution in [0.5, 0.6) is 0 Å². The first-order chi connectivity index (χ1) is 18.5. The average Bonchev–Trinajstić information content (AvgIpc) is 3.42. The molecule has 7 nitrogen and oxygen atoms in total. The Hall–Kier alpha value is -1.95. The van der Waals surface area contributed by atoms with Crippen molar-refractivity contribution >= 4 is 5.52 Å². The molecule has 2 aromatic rings. The molecule has 6 rings (SSSR count). The molecule has 4 aliphatic rings. The van der Waals surface area contributed by atoms with Gasteiger partial charge in [0.25, 0.3) is 0 Å². The highest BCUT2D eigenvalue weighted by molar-refractivity contribution is 5.56. The zero-order chi connectivity index (χ0) is 27.6. The number of rotatable bonds is 5. The Kier molecular flexibility index (Phi) is 6.88. The number of fused-ring (bicyclic) bond motifs is 1. The predicted molar refractivity (Wildman–Crippen MR) is 141 cm³/mol. The maximum atomic E-state index is 14.2. The molecule has 2 aliphatic carbocycles. The van der Waals surface area contributed by atoms with Gasteiger partial charge in [0.05, 0.1) is 23.9 Å². The Morgan fingerprint density at radius 1 is 1.08 bits per heavy atom. The lowest BCUT2D eigenvalue weighted by Crippen LogP contribution is -2.57. The van der Waals surface area contributed by atoms with Crippen LogP contribution >= 0.6 is 0 Å². The molecule has 11 heteroatoms. The molecule has 2 aliphatic heterocycles. The summed E-state index contributed by atoms with van der Waals surface area (Å²) in [6.45, 7) is 3.57. The molecular weight excluding hydrogens is 512 g/mol. The number of nitrogens with zero attached hydrogens (tertiary/aromatic N) is 4. The summed E-state index contributed by atoms with van der Waals surface area (Å²) < 4.78 is 59.7. The van der Waals surface area contributed by atoms with Gasteiger partial charge in [-0.2, -0.15) is 13.2 Å². The first-order valence-electron chi connectivity index (χ1n) is 14.4. The number of nitrogens with one attached hydrogen (secondary N) is 2. The molecule has 3 unspecified atom stereocenters. The third kappa shape index (κ3) is 4.93. The van der Waals surface area contributed by atoms with Crippen molar-refractivity contribution < 1.29 is 17.6 Å². The van der Waals surface area contributed by atoms with Crippen LogP contribution in [0.15, 0.2) is 23.3 Å². The minimum absolute atomic E-state index is 0.0897. The molecule has 0 bridgehead atoms. The van der Waals surface area contributed by atoms with Crippen molar-refractivity contribution in [1.29, 1.82) is 0 Å². The number of hydrogen-bond donors (Lipinski definition) is 2. The Balaban J connectivity index is 1.30. The molecule has 2 N–H and O–H groups in total. The highest BCUT2D eigenvalue weighted by Crippen LogP contribution is 2.56. The van der Waals surface area contributed by atoms with Crippen LogP contribution in [0.1, 0.15) is 81.9 Å². The van der Waals surface area contributed by atoms with Crippen LogP contribution in [-0.4, -0.2) is 57.4 Å². The van der Waals surface area contributed by atoms with Gasteiger partial charge in [0, 0.05) is 43.5 Å². The topological polar surface area (TPSA) is 56.9 Å². The summed E-state index contributed by atoms with van der Waals surface area (Å²) in [4.78, 5) is 17.9. The SMILES string of the molecule is CN1CNNC1C1(C2CCCC(n3cc4c(C(F)(F)F)cc(CN5CCC(C)(F)CC5)cn4c3=O)C2)CCC1. The van der Waals surface area contributed by atoms with E-state index in [9.17, 15) is 22.4 Å². The first-order valence-corrected chi connectivity index (χ1v) is 14.4. The monoisotopic (exact) mass is 552 g/mol. The number of hydrazine groups is 1. The van der Waals surface area contributed by atoms with Gasteiger partial charge < -0.3 is 0 Å². The van der Waals surface area contributed by atoms with Crippen molar-refractivity contribution in [3.63, 3.8) is 0 Å². The number of piperidine rings is 1. The van der Waals surface area contributed by atoms with Crippen LogP contribution in [0.3, 0.4) is 0 Å². The van der Waals surface area contributed by atoms with E-state index < -0.39 is 23.1 Å². The summed E-state index contributed by atoms with van der Waals surface area (Å²) in [5.41, 5.74) is 4.74. The molecule has 216 valence electrons. The second-order valence-corrected chi connectivity index (χ2v) is 12.8. The van der Waals surface area contributed by atoms with Crippen molar-refractivity contribution in [2.75, 3.05) is 26.8 Å². The van der Waals surface area contributed by atoms with E-state index in [1.165, 1.54) is 23.1 Å². The largest absolute Gasteiger partial charge is 0.418 e. The molecular formula is C28H40F4N6O. The van der Waals surface area contributed by atoms with E-state index in [1.54, 1.807) is 17.7 Å². The Morgan fingerprint density at radius 2 is 1.82 bits per heavy atom. The van der Waals surface area contributed by atoms with Gasteiger partial charge >= 0.3 is 11.9 Å². The summed E-state index contributed by atoms with van der Waals surface area (Å²) in [7, 11) is 2.11. The van der Waals surface area contributed by atoms with Crippen LogP contribution in [0.2, 0.25) is 0 Å². The van der Waals surface area contributed by atoms with Crippen molar-refractivity contribution in [2.24, 2.45) is 11.3 Å². The van der Waals surface area contributed by atoms with E-state index in [1.807, 2.05) is 4.90 Å². The van der Waals surface area contributed by atoms with Crippen LogP contribution < -0.4 is 16.5 Å². The zero-order valence-corrected chi connectivity index (χ0v) is 22.9. The number of halogens is 4. The van der Waals surface area contributed by atoms with E-state index in [4.69, 9.17) is 0 Å². The Labute approximate surface area is 226 Å². The highest BCUT2D eigenvalue weighted by Gasteiger charge is 2.53. The second-order valence-electron chi connectivity index (χ2n) is 12.8. The molecule has 39 heavy (non-hydrogen) atoms. The summed E-state index contributed by atoms with van der Waals surface area (Å²) >= 11 is 0. The fourth-order valence-corrected chi connectivity index (χ4v) is 7.75. The number of pyridine rings is 1. The van der Waals surface area contributed by atoms with Crippen LogP contribution in [-0.2, 0) is 12.7 Å². The molecule has 4 fully saturated rings. The maximum Gasteiger partial charge on any atom is 0.418 e. The lowest BCUT2D eigenvalue weighted by molar-refractivity contribution is -0.136. The molecule has 0 amide bonds. The van der Waals surface area contributed by atoms with Crippen molar-refractivity contribution in [1.82, 2.24) is 29.6 Å². The summed E-state index contributed by atoms with van der Waals surface area (Å²) in [6.07, 6.45) is 6.40. The minimum Gasteiger partial charge on any atom is -0.299 e. The van der Waals surface area contributed by atoms with E-state index in [0.29, 0.717) is 37.4 Å². The van der Waals surface area contributed by atoms with E-state index >= 15 is 0 Å². The number of imidazole rings is 1. The summed E-state index contributed by atoms with van der Waals surface area (Å²) in [5, 5.41) is 0. The van der Waals surface area contributed by atoms with Gasteiger partial charge in [-0.1, -0.05) is 12.8 Å². The summed E-state index contributed by atoms with van der Waals surface area (Å²) in [5.74, 6) is 0.401. The fraction of sp³-hybridized carbons (Fsp3) is 0.750. The second kappa shape index (κ2) is 9.85. The lowest BCUT2D eigenvalue weighted by Gasteiger charge is -2.55. The lowest BCUT2D eigenvalue weighted by atomic mass is 9.55. The smallest absolute Gasteiger partial charge is 0.299 e. The number of likely N-dealkylation sites (tertiary alicyclic amines) is 1. The standard InChI is InChI=1S/C28H40F4N6O/c1-26(29)9-11-36(12-10-26)15-19-13-22(28(30,31)32)23-17-37(25(39)38(23)16-19)21-6-3-5-20(14-21)27(7-4-8-27)24-34-33-18-35(24)2/h13,16-17,20-21,24,33-34H,3-12,14-15,18H2,1-2H3. The molecule has 0 spiro atoms. The van der Waals surface area contributed by atoms with E-state index in [0.717, 1.165) is 45.2 Å². The Morgan fingerprint density at radius 3 is 2.44 bits per heavy atom. The van der Waals surface area contributed by atoms with Crippen LogP contribution in [0, 0.1) is 11.3 Å². The molecule has 0 aromatic carbocycles. The zero-order valence-electron chi connectivity index (χ0n) is 22.9. The molecule has 3 atom stereocenters. The number of aromatic nitrogens is 2. The van der Waals surface area contributed by atoms with Crippen LogP contribution in [0.25, 0.3) is 5.52 Å². The number of alkyl halides is 4. The predicted octanol–water partition coefficient (Wildman–Crippen LogP) is 4.67. The first kappa shape index (κ1) is 27.2. The van der Waals surface area contributed by atoms with Gasteiger partial charge in [-0.15, -0.1) is 0 Å². The quantitative estimate of drug-likeness (QED) is 0.529. The molecule has 4 heterocycles. The van der Waals surface area contributed by atoms with Gasteiger partial charge in [-0.3, -0.25) is 18.8 Å².